The van der Waals surface area contributed by atoms with Crippen LogP contribution in [0.4, 0.5) is 11.4 Å². The molecule has 2 aromatic rings. The minimum absolute atomic E-state index is 0.148. The minimum Gasteiger partial charge on any atom is -0.374 e. The zero-order valence-electron chi connectivity index (χ0n) is 17.9. The molecule has 0 aliphatic rings. The lowest BCUT2D eigenvalue weighted by molar-refractivity contribution is -0.116. The third-order valence-electron chi connectivity index (χ3n) is 4.21. The van der Waals surface area contributed by atoms with Crippen molar-refractivity contribution in [1.82, 2.24) is 4.72 Å². The Labute approximate surface area is 174 Å². The van der Waals surface area contributed by atoms with E-state index in [2.05, 4.69) is 29.2 Å². The number of sulfonamides is 1. The number of carbonyl (C=O) groups excluding carboxylic acids is 1. The molecule has 2 rings (SSSR count). The molecule has 2 aromatic carbocycles. The highest BCUT2D eigenvalue weighted by Crippen LogP contribution is 2.20. The summed E-state index contributed by atoms with van der Waals surface area (Å²) in [5.74, 6) is 0.222. The highest BCUT2D eigenvalue weighted by molar-refractivity contribution is 7.89. The van der Waals surface area contributed by atoms with Crippen LogP contribution in [0.15, 0.2) is 53.4 Å². The van der Waals surface area contributed by atoms with E-state index in [9.17, 15) is 13.2 Å². The van der Waals surface area contributed by atoms with Crippen molar-refractivity contribution >= 4 is 27.3 Å². The van der Waals surface area contributed by atoms with Gasteiger partial charge in [-0.2, -0.15) is 0 Å². The molecule has 0 bridgehead atoms. The summed E-state index contributed by atoms with van der Waals surface area (Å²) in [6.45, 7) is 11.3. The predicted octanol–water partition coefficient (Wildman–Crippen LogP) is 4.33. The number of carbonyl (C=O) groups is 1. The topological polar surface area (TPSA) is 87.3 Å². The van der Waals surface area contributed by atoms with Crippen molar-refractivity contribution in [1.29, 1.82) is 0 Å². The fourth-order valence-corrected chi connectivity index (χ4v) is 4.20. The number of anilines is 2. The van der Waals surface area contributed by atoms with Gasteiger partial charge in [-0.3, -0.25) is 4.79 Å². The molecule has 0 heterocycles. The van der Waals surface area contributed by atoms with E-state index in [4.69, 9.17) is 0 Å². The third-order valence-corrected chi connectivity index (χ3v) is 5.96. The van der Waals surface area contributed by atoms with Crippen LogP contribution in [0, 0.1) is 0 Å². The van der Waals surface area contributed by atoms with Crippen LogP contribution >= 0.6 is 0 Å². The van der Waals surface area contributed by atoms with Crippen LogP contribution in [0.2, 0.25) is 0 Å². The molecule has 0 saturated carbocycles. The van der Waals surface area contributed by atoms with Crippen molar-refractivity contribution < 1.29 is 13.2 Å². The third kappa shape index (κ3) is 6.87. The van der Waals surface area contributed by atoms with Gasteiger partial charge in [0.2, 0.25) is 15.9 Å². The van der Waals surface area contributed by atoms with Gasteiger partial charge in [0.25, 0.3) is 0 Å². The lowest BCUT2D eigenvalue weighted by atomic mass is 10.0. The molecule has 158 valence electrons. The zero-order chi connectivity index (χ0) is 21.8. The van der Waals surface area contributed by atoms with Gasteiger partial charge in [-0.25, -0.2) is 13.1 Å². The van der Waals surface area contributed by atoms with E-state index in [1.807, 2.05) is 24.3 Å². The van der Waals surface area contributed by atoms with Crippen LogP contribution in [0.3, 0.4) is 0 Å². The Kier molecular flexibility index (Phi) is 7.08. The summed E-state index contributed by atoms with van der Waals surface area (Å²) in [5.41, 5.74) is 1.90. The smallest absolute Gasteiger partial charge is 0.246 e. The fraction of sp³-hybridized carbons (Fsp3) is 0.409. The zero-order valence-corrected chi connectivity index (χ0v) is 18.7. The van der Waals surface area contributed by atoms with Gasteiger partial charge in [0.15, 0.2) is 0 Å². The van der Waals surface area contributed by atoms with Crippen molar-refractivity contribution in [2.75, 3.05) is 10.6 Å². The second-order valence-corrected chi connectivity index (χ2v) is 10.2. The Bertz CT molecular complexity index is 946. The average Bonchev–Trinajstić information content (AvgIpc) is 2.60. The van der Waals surface area contributed by atoms with Gasteiger partial charge in [0.05, 0.1) is 4.90 Å². The molecule has 0 unspecified atom stereocenters. The molecule has 1 atom stereocenters. The Balaban J connectivity index is 2.06. The molecule has 0 aromatic heterocycles. The minimum atomic E-state index is -3.65. The first-order valence-corrected chi connectivity index (χ1v) is 11.2. The molecular formula is C22H31N3O3S. The first-order chi connectivity index (χ1) is 13.4. The number of nitrogens with one attached hydrogen (secondary N) is 3. The van der Waals surface area contributed by atoms with Gasteiger partial charge in [-0.05, 0) is 69.5 Å². The summed E-state index contributed by atoms with van der Waals surface area (Å²) >= 11 is 0. The predicted molar refractivity (Wildman–Crippen MR) is 119 cm³/mol. The van der Waals surface area contributed by atoms with E-state index >= 15 is 0 Å². The first-order valence-electron chi connectivity index (χ1n) is 9.69. The summed E-state index contributed by atoms with van der Waals surface area (Å²) in [6, 6.07) is 13.6. The molecule has 0 fully saturated rings. The van der Waals surface area contributed by atoms with Crippen molar-refractivity contribution in [2.45, 2.75) is 63.9 Å². The average molecular weight is 418 g/mol. The van der Waals surface area contributed by atoms with E-state index in [0.717, 1.165) is 5.69 Å². The van der Waals surface area contributed by atoms with Crippen LogP contribution < -0.4 is 15.4 Å². The Morgan fingerprint density at radius 3 is 2.10 bits per heavy atom. The number of rotatable bonds is 7. The molecule has 0 saturated heterocycles. The highest BCUT2D eigenvalue weighted by Gasteiger charge is 2.22. The summed E-state index contributed by atoms with van der Waals surface area (Å²) in [7, 11) is -3.65. The van der Waals surface area contributed by atoms with E-state index in [0.29, 0.717) is 11.6 Å². The number of hydrogen-bond acceptors (Lipinski definition) is 4. The maximum absolute atomic E-state index is 12.5. The number of benzene rings is 2. The highest BCUT2D eigenvalue weighted by atomic mass is 32.2. The van der Waals surface area contributed by atoms with E-state index in [-0.39, 0.29) is 10.8 Å². The Morgan fingerprint density at radius 2 is 1.55 bits per heavy atom. The Hall–Kier alpha value is -2.38. The molecule has 7 heteroatoms. The van der Waals surface area contributed by atoms with Crippen molar-refractivity contribution in [3.63, 3.8) is 0 Å². The molecular weight excluding hydrogens is 386 g/mol. The maximum atomic E-state index is 12.5. The quantitative estimate of drug-likeness (QED) is 0.626. The molecule has 6 nitrogen and oxygen atoms in total. The van der Waals surface area contributed by atoms with Crippen molar-refractivity contribution in [3.05, 3.63) is 54.1 Å². The molecule has 0 spiro atoms. The normalized spacial score (nSPS) is 13.2. The first kappa shape index (κ1) is 22.9. The lowest BCUT2D eigenvalue weighted by Crippen LogP contribution is -2.40. The van der Waals surface area contributed by atoms with Crippen LogP contribution in [0.5, 0.6) is 0 Å². The SMILES string of the molecule is CC(C)c1ccc(NC(=O)[C@H](C)Nc2cccc(S(=O)(=O)NC(C)(C)C)c2)cc1. The lowest BCUT2D eigenvalue weighted by Gasteiger charge is -2.21. The summed E-state index contributed by atoms with van der Waals surface area (Å²) in [6.07, 6.45) is 0. The standard InChI is InChI=1S/C22H31N3O3S/c1-15(2)17-10-12-18(13-11-17)24-21(26)16(3)23-19-8-7-9-20(14-19)29(27,28)25-22(4,5)6/h7-16,23,25H,1-6H3,(H,24,26)/t16-/m0/s1. The molecule has 29 heavy (non-hydrogen) atoms. The van der Waals surface area contributed by atoms with E-state index < -0.39 is 21.6 Å². The van der Waals surface area contributed by atoms with Crippen molar-refractivity contribution in [2.24, 2.45) is 0 Å². The molecule has 1 amide bonds. The van der Waals surface area contributed by atoms with Crippen LogP contribution in [-0.2, 0) is 14.8 Å². The second-order valence-electron chi connectivity index (χ2n) is 8.52. The van der Waals surface area contributed by atoms with Crippen LogP contribution in [0.25, 0.3) is 0 Å². The number of amides is 1. The molecule has 3 N–H and O–H groups in total. The van der Waals surface area contributed by atoms with Gasteiger partial charge < -0.3 is 10.6 Å². The summed E-state index contributed by atoms with van der Waals surface area (Å²) in [4.78, 5) is 12.6. The van der Waals surface area contributed by atoms with Gasteiger partial charge in [-0.15, -0.1) is 0 Å². The van der Waals surface area contributed by atoms with Gasteiger partial charge in [-0.1, -0.05) is 32.0 Å². The summed E-state index contributed by atoms with van der Waals surface area (Å²) < 4.78 is 27.7. The molecule has 0 aliphatic carbocycles. The van der Waals surface area contributed by atoms with E-state index in [1.54, 1.807) is 39.8 Å². The molecule has 0 radical (unpaired) electrons. The summed E-state index contributed by atoms with van der Waals surface area (Å²) in [5, 5.41) is 5.93. The fourth-order valence-electron chi connectivity index (χ4n) is 2.73. The largest absolute Gasteiger partial charge is 0.374 e. The van der Waals surface area contributed by atoms with Crippen LogP contribution in [-0.4, -0.2) is 25.9 Å². The van der Waals surface area contributed by atoms with Gasteiger partial charge in [0, 0.05) is 16.9 Å². The molecule has 0 aliphatic heterocycles. The van der Waals surface area contributed by atoms with Gasteiger partial charge >= 0.3 is 0 Å². The second kappa shape index (κ2) is 8.97. The van der Waals surface area contributed by atoms with Crippen LogP contribution in [0.1, 0.15) is 53.0 Å². The maximum Gasteiger partial charge on any atom is 0.246 e. The van der Waals surface area contributed by atoms with Crippen molar-refractivity contribution in [3.8, 4) is 0 Å². The Morgan fingerprint density at radius 1 is 0.931 bits per heavy atom. The number of hydrogen-bond donors (Lipinski definition) is 3. The van der Waals surface area contributed by atoms with E-state index in [1.165, 1.54) is 17.7 Å². The monoisotopic (exact) mass is 417 g/mol. The van der Waals surface area contributed by atoms with Gasteiger partial charge in [0.1, 0.15) is 6.04 Å².